The Morgan fingerprint density at radius 2 is 1.62 bits per heavy atom. The molecule has 0 heterocycles. The van der Waals surface area contributed by atoms with Crippen molar-refractivity contribution < 1.29 is 14.3 Å². The van der Waals surface area contributed by atoms with Crippen LogP contribution in [0.3, 0.4) is 0 Å². The molecule has 2 amide bonds. The number of ether oxygens (including phenoxy) is 1. The minimum Gasteiger partial charge on any atom is -0.490 e. The molecule has 0 aliphatic heterocycles. The third-order valence-electron chi connectivity index (χ3n) is 4.40. The van der Waals surface area contributed by atoms with Crippen molar-refractivity contribution in [3.63, 3.8) is 0 Å². The van der Waals surface area contributed by atoms with E-state index in [4.69, 9.17) is 17.0 Å². The van der Waals surface area contributed by atoms with Crippen molar-refractivity contribution in [1.29, 1.82) is 0 Å². The second-order valence-corrected chi connectivity index (χ2v) is 7.73. The van der Waals surface area contributed by atoms with Crippen LogP contribution in [0, 0.1) is 0 Å². The summed E-state index contributed by atoms with van der Waals surface area (Å²) >= 11 is 5.28. The third kappa shape index (κ3) is 6.65. The molecule has 3 rings (SSSR count). The Balaban J connectivity index is 1.60. The van der Waals surface area contributed by atoms with Crippen molar-refractivity contribution in [1.82, 2.24) is 10.6 Å². The smallest absolute Gasteiger partial charge is 0.261 e. The predicted octanol–water partition coefficient (Wildman–Crippen LogP) is 4.53. The first-order chi connectivity index (χ1) is 15.4. The fraction of sp³-hybridized carbons (Fsp3) is 0.160. The lowest BCUT2D eigenvalue weighted by Crippen LogP contribution is -2.34. The van der Waals surface area contributed by atoms with Crippen LogP contribution in [-0.4, -0.2) is 23.0 Å². The Morgan fingerprint density at radius 3 is 2.38 bits per heavy atom. The van der Waals surface area contributed by atoms with Gasteiger partial charge in [0.1, 0.15) is 5.75 Å². The first-order valence-corrected chi connectivity index (χ1v) is 10.6. The van der Waals surface area contributed by atoms with Crippen LogP contribution in [0.15, 0.2) is 78.9 Å². The number of anilines is 1. The Morgan fingerprint density at radius 1 is 0.906 bits per heavy atom. The van der Waals surface area contributed by atoms with E-state index in [1.54, 1.807) is 48.5 Å². The number of thiocarbonyl (C=S) groups is 1. The summed E-state index contributed by atoms with van der Waals surface area (Å²) in [4.78, 5) is 25.1. The molecule has 0 saturated carbocycles. The van der Waals surface area contributed by atoms with Crippen molar-refractivity contribution in [2.45, 2.75) is 26.5 Å². The summed E-state index contributed by atoms with van der Waals surface area (Å²) in [6.45, 7) is 4.22. The molecular formula is C25H25N3O3S. The van der Waals surface area contributed by atoms with Crippen LogP contribution in [0.5, 0.6) is 5.75 Å². The largest absolute Gasteiger partial charge is 0.490 e. The molecule has 0 aliphatic rings. The predicted molar refractivity (Wildman–Crippen MR) is 130 cm³/mol. The molecule has 0 atom stereocenters. The van der Waals surface area contributed by atoms with Crippen molar-refractivity contribution in [3.05, 3.63) is 95.6 Å². The molecule has 0 fully saturated rings. The highest BCUT2D eigenvalue weighted by atomic mass is 32.1. The van der Waals surface area contributed by atoms with Crippen LogP contribution in [0.25, 0.3) is 0 Å². The van der Waals surface area contributed by atoms with Crippen LogP contribution in [-0.2, 0) is 6.54 Å². The average Bonchev–Trinajstić information content (AvgIpc) is 2.78. The van der Waals surface area contributed by atoms with Gasteiger partial charge in [-0.25, -0.2) is 0 Å². The van der Waals surface area contributed by atoms with Gasteiger partial charge in [-0.3, -0.25) is 14.9 Å². The molecule has 32 heavy (non-hydrogen) atoms. The van der Waals surface area contributed by atoms with Crippen molar-refractivity contribution in [3.8, 4) is 5.75 Å². The molecule has 0 aromatic heterocycles. The molecule has 3 aromatic carbocycles. The average molecular weight is 448 g/mol. The van der Waals surface area contributed by atoms with Gasteiger partial charge in [-0.2, -0.15) is 0 Å². The summed E-state index contributed by atoms with van der Waals surface area (Å²) in [5.41, 5.74) is 2.48. The number of para-hydroxylation sites is 1. The molecule has 0 radical (unpaired) electrons. The van der Waals surface area contributed by atoms with Gasteiger partial charge >= 0.3 is 0 Å². The minimum absolute atomic E-state index is 0.0650. The summed E-state index contributed by atoms with van der Waals surface area (Å²) in [6, 6.07) is 23.6. The maximum atomic E-state index is 12.7. The fourth-order valence-corrected chi connectivity index (χ4v) is 3.17. The zero-order chi connectivity index (χ0) is 22.9. The van der Waals surface area contributed by atoms with Gasteiger partial charge in [0.05, 0.1) is 11.7 Å². The van der Waals surface area contributed by atoms with Crippen molar-refractivity contribution in [2.24, 2.45) is 0 Å². The zero-order valence-corrected chi connectivity index (χ0v) is 18.7. The first kappa shape index (κ1) is 23.0. The molecule has 0 aliphatic carbocycles. The van der Waals surface area contributed by atoms with Gasteiger partial charge in [0.2, 0.25) is 0 Å². The number of hydrogen-bond donors (Lipinski definition) is 3. The van der Waals surface area contributed by atoms with Gasteiger partial charge in [-0.15, -0.1) is 0 Å². The van der Waals surface area contributed by atoms with Crippen LogP contribution in [0.2, 0.25) is 0 Å². The highest BCUT2D eigenvalue weighted by Crippen LogP contribution is 2.19. The van der Waals surface area contributed by atoms with Gasteiger partial charge in [-0.05, 0) is 62.0 Å². The third-order valence-corrected chi connectivity index (χ3v) is 4.60. The van der Waals surface area contributed by atoms with E-state index in [1.165, 1.54) is 0 Å². The molecule has 0 spiro atoms. The zero-order valence-electron chi connectivity index (χ0n) is 17.9. The number of rotatable bonds is 7. The molecule has 3 aromatic rings. The highest BCUT2D eigenvalue weighted by Gasteiger charge is 2.15. The summed E-state index contributed by atoms with van der Waals surface area (Å²) < 4.78 is 5.69. The van der Waals surface area contributed by atoms with E-state index in [0.717, 1.165) is 5.56 Å². The lowest BCUT2D eigenvalue weighted by Gasteiger charge is -2.15. The van der Waals surface area contributed by atoms with Crippen molar-refractivity contribution in [2.75, 3.05) is 5.32 Å². The Hall–Kier alpha value is -3.71. The van der Waals surface area contributed by atoms with E-state index in [-0.39, 0.29) is 23.0 Å². The molecule has 0 saturated heterocycles. The number of nitrogens with one attached hydrogen (secondary N) is 3. The standard InChI is InChI=1S/C25H25N3O3S/c1-17(2)31-22-14-7-6-13-21(22)24(30)28-25(32)27-20-12-8-11-19(15-20)23(29)26-16-18-9-4-3-5-10-18/h3-15,17H,16H2,1-2H3,(H,26,29)(H2,27,28,30,32). The number of carbonyl (C=O) groups excluding carboxylic acids is 2. The van der Waals surface area contributed by atoms with E-state index in [9.17, 15) is 9.59 Å². The number of benzene rings is 3. The van der Waals surface area contributed by atoms with E-state index in [0.29, 0.717) is 29.1 Å². The van der Waals surface area contributed by atoms with Gasteiger partial charge in [-0.1, -0.05) is 48.5 Å². The molecule has 164 valence electrons. The summed E-state index contributed by atoms with van der Waals surface area (Å²) in [6.07, 6.45) is -0.0650. The van der Waals surface area contributed by atoms with Gasteiger partial charge in [0.25, 0.3) is 11.8 Å². The molecule has 3 N–H and O–H groups in total. The number of carbonyl (C=O) groups is 2. The number of hydrogen-bond acceptors (Lipinski definition) is 4. The summed E-state index contributed by atoms with van der Waals surface area (Å²) in [5.74, 6) is -0.0948. The highest BCUT2D eigenvalue weighted by molar-refractivity contribution is 7.80. The molecule has 0 bridgehead atoms. The first-order valence-electron chi connectivity index (χ1n) is 10.2. The summed E-state index contributed by atoms with van der Waals surface area (Å²) in [5, 5.41) is 8.61. The van der Waals surface area contributed by atoms with Crippen LogP contribution < -0.4 is 20.7 Å². The van der Waals surface area contributed by atoms with E-state index < -0.39 is 0 Å². The van der Waals surface area contributed by atoms with E-state index >= 15 is 0 Å². The van der Waals surface area contributed by atoms with E-state index in [2.05, 4.69) is 16.0 Å². The Kier molecular flexibility index (Phi) is 7.94. The van der Waals surface area contributed by atoms with Crippen LogP contribution in [0.1, 0.15) is 40.1 Å². The maximum absolute atomic E-state index is 12.7. The quantitative estimate of drug-likeness (QED) is 0.464. The van der Waals surface area contributed by atoms with E-state index in [1.807, 2.05) is 44.2 Å². The van der Waals surface area contributed by atoms with Gasteiger partial charge < -0.3 is 15.4 Å². The normalized spacial score (nSPS) is 10.3. The lowest BCUT2D eigenvalue weighted by molar-refractivity contribution is 0.0947. The minimum atomic E-state index is -0.379. The van der Waals surface area contributed by atoms with Gasteiger partial charge in [0, 0.05) is 17.8 Å². The molecular weight excluding hydrogens is 422 g/mol. The van der Waals surface area contributed by atoms with Crippen molar-refractivity contribution >= 4 is 34.8 Å². The maximum Gasteiger partial charge on any atom is 0.261 e. The molecule has 6 nitrogen and oxygen atoms in total. The second kappa shape index (κ2) is 11.1. The summed E-state index contributed by atoms with van der Waals surface area (Å²) in [7, 11) is 0. The SMILES string of the molecule is CC(C)Oc1ccccc1C(=O)NC(=S)Nc1cccc(C(=O)NCc2ccccc2)c1. The van der Waals surface area contributed by atoms with Gasteiger partial charge in [0.15, 0.2) is 5.11 Å². The van der Waals surface area contributed by atoms with Crippen LogP contribution >= 0.6 is 12.2 Å². The second-order valence-electron chi connectivity index (χ2n) is 7.32. The lowest BCUT2D eigenvalue weighted by atomic mass is 10.1. The Bertz CT molecular complexity index is 1100. The topological polar surface area (TPSA) is 79.5 Å². The number of amides is 2. The molecule has 7 heteroatoms. The van der Waals surface area contributed by atoms with Crippen LogP contribution in [0.4, 0.5) is 5.69 Å². The fourth-order valence-electron chi connectivity index (χ4n) is 2.96. The monoisotopic (exact) mass is 447 g/mol. The Labute approximate surface area is 193 Å². The molecule has 0 unspecified atom stereocenters.